The van der Waals surface area contributed by atoms with E-state index in [1.165, 1.54) is 5.92 Å². The standard InChI is InChI=1S/C5H8NOS/c1-3-2-8-4(3)5(6)7/h4H,2H2,1H3,(H2,6,7). The van der Waals surface area contributed by atoms with Crippen molar-refractivity contribution in [3.05, 3.63) is 5.92 Å². The number of carbonyl (C=O) groups is 1. The number of rotatable bonds is 1. The van der Waals surface area contributed by atoms with E-state index in [2.05, 4.69) is 0 Å². The summed E-state index contributed by atoms with van der Waals surface area (Å²) in [7, 11) is 0. The van der Waals surface area contributed by atoms with Gasteiger partial charge in [-0.05, 0) is 0 Å². The van der Waals surface area contributed by atoms with E-state index in [1.807, 2.05) is 6.92 Å². The van der Waals surface area contributed by atoms with E-state index in [0.29, 0.717) is 0 Å². The van der Waals surface area contributed by atoms with Gasteiger partial charge < -0.3 is 5.73 Å². The van der Waals surface area contributed by atoms with Gasteiger partial charge in [0.25, 0.3) is 0 Å². The summed E-state index contributed by atoms with van der Waals surface area (Å²) >= 11 is 1.61. The van der Waals surface area contributed by atoms with Crippen molar-refractivity contribution in [3.63, 3.8) is 0 Å². The highest BCUT2D eigenvalue weighted by Crippen LogP contribution is 2.35. The fraction of sp³-hybridized carbons (Fsp3) is 0.600. The number of hydrogen-bond acceptors (Lipinski definition) is 2. The Kier molecular flexibility index (Phi) is 1.47. The van der Waals surface area contributed by atoms with Crippen molar-refractivity contribution in [1.82, 2.24) is 0 Å². The average molecular weight is 130 g/mol. The number of nitrogens with two attached hydrogens (primary N) is 1. The fourth-order valence-electron chi connectivity index (χ4n) is 0.658. The van der Waals surface area contributed by atoms with E-state index in [9.17, 15) is 4.79 Å². The predicted molar refractivity (Wildman–Crippen MR) is 34.4 cm³/mol. The SMILES string of the molecule is C[C]1CSC1C(N)=O. The zero-order valence-corrected chi connectivity index (χ0v) is 5.49. The first kappa shape index (κ1) is 5.95. The molecule has 1 radical (unpaired) electrons. The molecule has 2 N–H and O–H groups in total. The molecule has 1 saturated heterocycles. The summed E-state index contributed by atoms with van der Waals surface area (Å²) in [6, 6.07) is 0. The van der Waals surface area contributed by atoms with Crippen LogP contribution < -0.4 is 5.73 Å². The smallest absolute Gasteiger partial charge is 0.231 e. The number of hydrogen-bond donors (Lipinski definition) is 1. The second-order valence-corrected chi connectivity index (χ2v) is 3.03. The molecule has 0 aromatic carbocycles. The van der Waals surface area contributed by atoms with Crippen molar-refractivity contribution in [1.29, 1.82) is 0 Å². The molecule has 1 atom stereocenters. The maximum atomic E-state index is 10.4. The molecule has 8 heavy (non-hydrogen) atoms. The van der Waals surface area contributed by atoms with Gasteiger partial charge in [0.05, 0.1) is 5.25 Å². The molecule has 1 unspecified atom stereocenters. The van der Waals surface area contributed by atoms with E-state index in [4.69, 9.17) is 5.73 Å². The number of amides is 1. The van der Waals surface area contributed by atoms with Gasteiger partial charge in [-0.1, -0.05) is 6.92 Å². The Balaban J connectivity index is 2.37. The first-order chi connectivity index (χ1) is 3.72. The minimum atomic E-state index is -0.196. The second-order valence-electron chi connectivity index (χ2n) is 1.94. The second kappa shape index (κ2) is 1.97. The molecular formula is C5H8NOS. The summed E-state index contributed by atoms with van der Waals surface area (Å²) in [5.41, 5.74) is 5.01. The highest BCUT2D eigenvalue weighted by molar-refractivity contribution is 8.02. The third-order valence-electron chi connectivity index (χ3n) is 1.18. The number of thioether (sulfide) groups is 1. The van der Waals surface area contributed by atoms with Gasteiger partial charge in [-0.15, -0.1) is 11.8 Å². The molecule has 0 aliphatic carbocycles. The Morgan fingerprint density at radius 1 is 2.00 bits per heavy atom. The topological polar surface area (TPSA) is 43.1 Å². The normalized spacial score (nSPS) is 29.4. The Hall–Kier alpha value is -0.180. The van der Waals surface area contributed by atoms with Gasteiger partial charge >= 0.3 is 0 Å². The molecule has 0 saturated carbocycles. The summed E-state index contributed by atoms with van der Waals surface area (Å²) < 4.78 is 0. The monoisotopic (exact) mass is 130 g/mol. The lowest BCUT2D eigenvalue weighted by atomic mass is 10.1. The quantitative estimate of drug-likeness (QED) is 0.550. The molecule has 1 aliphatic rings. The maximum absolute atomic E-state index is 10.4. The minimum Gasteiger partial charge on any atom is -0.369 e. The highest BCUT2D eigenvalue weighted by atomic mass is 32.2. The molecule has 1 heterocycles. The van der Waals surface area contributed by atoms with Crippen molar-refractivity contribution in [3.8, 4) is 0 Å². The largest absolute Gasteiger partial charge is 0.369 e. The van der Waals surface area contributed by atoms with Crippen LogP contribution in [0, 0.1) is 5.92 Å². The Morgan fingerprint density at radius 3 is 2.62 bits per heavy atom. The molecule has 3 heteroatoms. The van der Waals surface area contributed by atoms with E-state index >= 15 is 0 Å². The van der Waals surface area contributed by atoms with Crippen LogP contribution >= 0.6 is 11.8 Å². The molecule has 45 valence electrons. The first-order valence-electron chi connectivity index (χ1n) is 2.45. The van der Waals surface area contributed by atoms with E-state index in [0.717, 1.165) is 5.75 Å². The van der Waals surface area contributed by atoms with E-state index in [1.54, 1.807) is 11.8 Å². The lowest BCUT2D eigenvalue weighted by Crippen LogP contribution is -2.38. The third-order valence-corrected chi connectivity index (χ3v) is 2.77. The van der Waals surface area contributed by atoms with Gasteiger partial charge in [0, 0.05) is 11.7 Å². The molecule has 1 rings (SSSR count). The Labute approximate surface area is 52.8 Å². The lowest BCUT2D eigenvalue weighted by molar-refractivity contribution is -0.117. The number of carbonyl (C=O) groups excluding carboxylic acids is 1. The molecule has 0 aromatic rings. The van der Waals surface area contributed by atoms with Gasteiger partial charge in [0.2, 0.25) is 5.91 Å². The highest BCUT2D eigenvalue weighted by Gasteiger charge is 2.32. The molecule has 1 aliphatic heterocycles. The van der Waals surface area contributed by atoms with Crippen LogP contribution in [0.15, 0.2) is 0 Å². The fourth-order valence-corrected chi connectivity index (χ4v) is 1.49. The van der Waals surface area contributed by atoms with Gasteiger partial charge in [0.15, 0.2) is 0 Å². The summed E-state index contributed by atoms with van der Waals surface area (Å²) in [5.74, 6) is 2.02. The van der Waals surface area contributed by atoms with Gasteiger partial charge in [0.1, 0.15) is 0 Å². The zero-order valence-electron chi connectivity index (χ0n) is 4.68. The van der Waals surface area contributed by atoms with Crippen LogP contribution in [0.2, 0.25) is 0 Å². The molecule has 0 aromatic heterocycles. The summed E-state index contributed by atoms with van der Waals surface area (Å²) in [4.78, 5) is 10.4. The predicted octanol–water partition coefficient (Wildman–Crippen LogP) is 0.181. The zero-order chi connectivity index (χ0) is 6.15. The summed E-state index contributed by atoms with van der Waals surface area (Å²) in [5, 5.41) is 0.0231. The summed E-state index contributed by atoms with van der Waals surface area (Å²) in [6.07, 6.45) is 0. The maximum Gasteiger partial charge on any atom is 0.231 e. The van der Waals surface area contributed by atoms with Crippen LogP contribution in [0.4, 0.5) is 0 Å². The van der Waals surface area contributed by atoms with Gasteiger partial charge in [-0.3, -0.25) is 4.79 Å². The van der Waals surface area contributed by atoms with E-state index in [-0.39, 0.29) is 11.2 Å². The molecular weight excluding hydrogens is 122 g/mol. The van der Waals surface area contributed by atoms with E-state index < -0.39 is 0 Å². The van der Waals surface area contributed by atoms with Crippen LogP contribution in [0.25, 0.3) is 0 Å². The van der Waals surface area contributed by atoms with Crippen LogP contribution in [-0.2, 0) is 4.79 Å². The first-order valence-corrected chi connectivity index (χ1v) is 3.50. The number of primary amides is 1. The minimum absolute atomic E-state index is 0.0231. The Morgan fingerprint density at radius 2 is 2.62 bits per heavy atom. The van der Waals surface area contributed by atoms with Gasteiger partial charge in [-0.2, -0.15) is 0 Å². The van der Waals surface area contributed by atoms with Gasteiger partial charge in [-0.25, -0.2) is 0 Å². The van der Waals surface area contributed by atoms with Crippen molar-refractivity contribution in [2.24, 2.45) is 5.73 Å². The lowest BCUT2D eigenvalue weighted by Gasteiger charge is -2.29. The van der Waals surface area contributed by atoms with Crippen molar-refractivity contribution in [2.45, 2.75) is 12.2 Å². The van der Waals surface area contributed by atoms with Crippen molar-refractivity contribution in [2.75, 3.05) is 5.75 Å². The van der Waals surface area contributed by atoms with Crippen LogP contribution in [-0.4, -0.2) is 16.9 Å². The molecule has 1 fully saturated rings. The molecule has 0 bridgehead atoms. The molecule has 0 spiro atoms. The van der Waals surface area contributed by atoms with Crippen LogP contribution in [0.3, 0.4) is 0 Å². The molecule has 1 amide bonds. The molecule has 2 nitrogen and oxygen atoms in total. The van der Waals surface area contributed by atoms with Crippen molar-refractivity contribution >= 4 is 17.7 Å². The Bertz CT molecular complexity index is 115. The van der Waals surface area contributed by atoms with Crippen LogP contribution in [0.1, 0.15) is 6.92 Å². The average Bonchev–Trinajstić information content (AvgIpc) is 1.61. The third kappa shape index (κ3) is 0.823. The summed E-state index contributed by atoms with van der Waals surface area (Å²) in [6.45, 7) is 1.96. The van der Waals surface area contributed by atoms with Crippen molar-refractivity contribution < 1.29 is 4.79 Å². The van der Waals surface area contributed by atoms with Crippen LogP contribution in [0.5, 0.6) is 0 Å².